The topological polar surface area (TPSA) is 9.23 Å². The average Bonchev–Trinajstić information content (AvgIpc) is 1.88. The van der Waals surface area contributed by atoms with E-state index in [9.17, 15) is 0 Å². The molecule has 58 valence electrons. The van der Waals surface area contributed by atoms with Gasteiger partial charge in [-0.3, -0.25) is 0 Å². The van der Waals surface area contributed by atoms with Crippen molar-refractivity contribution in [3.63, 3.8) is 0 Å². The van der Waals surface area contributed by atoms with Crippen molar-refractivity contribution in [2.24, 2.45) is 5.92 Å². The van der Waals surface area contributed by atoms with E-state index in [1.807, 2.05) is 0 Å². The fourth-order valence-corrected chi connectivity index (χ4v) is 1.64. The summed E-state index contributed by atoms with van der Waals surface area (Å²) in [7, 11) is 0. The zero-order chi connectivity index (χ0) is 7.40. The lowest BCUT2D eigenvalue weighted by molar-refractivity contribution is 0.0864. The van der Waals surface area contributed by atoms with Crippen molar-refractivity contribution in [2.75, 3.05) is 0 Å². The van der Waals surface area contributed by atoms with Crippen LogP contribution in [0.3, 0.4) is 0 Å². The highest BCUT2D eigenvalue weighted by molar-refractivity contribution is 4.72. The van der Waals surface area contributed by atoms with Crippen LogP contribution in [0.4, 0.5) is 0 Å². The highest BCUT2D eigenvalue weighted by atomic mass is 16.5. The van der Waals surface area contributed by atoms with Gasteiger partial charge in [0.05, 0.1) is 12.4 Å². The zero-order valence-electron chi connectivity index (χ0n) is 6.68. The smallest absolute Gasteiger partial charge is 0.0980 e. The van der Waals surface area contributed by atoms with Crippen molar-refractivity contribution in [3.05, 3.63) is 12.8 Å². The lowest BCUT2D eigenvalue weighted by Gasteiger charge is -2.25. The highest BCUT2D eigenvalue weighted by Crippen LogP contribution is 2.25. The Kier molecular flexibility index (Phi) is 2.79. The molecule has 10 heavy (non-hydrogen) atoms. The summed E-state index contributed by atoms with van der Waals surface area (Å²) in [6, 6.07) is 0. The number of hydrogen-bond acceptors (Lipinski definition) is 1. The summed E-state index contributed by atoms with van der Waals surface area (Å²) >= 11 is 0. The van der Waals surface area contributed by atoms with Crippen LogP contribution in [-0.4, -0.2) is 6.10 Å². The molecule has 0 aromatic carbocycles. The van der Waals surface area contributed by atoms with Crippen LogP contribution in [0.1, 0.15) is 32.6 Å². The fraction of sp³-hybridized carbons (Fsp3) is 0.778. The second kappa shape index (κ2) is 3.65. The van der Waals surface area contributed by atoms with Gasteiger partial charge < -0.3 is 4.74 Å². The summed E-state index contributed by atoms with van der Waals surface area (Å²) in [5.41, 5.74) is 0. The van der Waals surface area contributed by atoms with Gasteiger partial charge in [-0.15, -0.1) is 0 Å². The molecule has 0 aromatic heterocycles. The molecule has 2 unspecified atom stereocenters. The van der Waals surface area contributed by atoms with Gasteiger partial charge in [0, 0.05) is 0 Å². The first-order valence-electron chi connectivity index (χ1n) is 4.09. The molecule has 1 aliphatic carbocycles. The Balaban J connectivity index is 2.24. The standard InChI is InChI=1S/C9H16O/c1-3-10-9-6-4-5-8(2)7-9/h3,8-9H,1,4-7H2,2H3. The molecule has 2 atom stereocenters. The minimum atomic E-state index is 0.459. The molecule has 0 saturated heterocycles. The van der Waals surface area contributed by atoms with E-state index in [-0.39, 0.29) is 0 Å². The second-order valence-electron chi connectivity index (χ2n) is 3.20. The minimum absolute atomic E-state index is 0.459. The zero-order valence-corrected chi connectivity index (χ0v) is 6.68. The van der Waals surface area contributed by atoms with E-state index in [1.165, 1.54) is 25.7 Å². The number of hydrogen-bond donors (Lipinski definition) is 0. The van der Waals surface area contributed by atoms with E-state index in [2.05, 4.69) is 13.5 Å². The van der Waals surface area contributed by atoms with Crippen molar-refractivity contribution < 1.29 is 4.74 Å². The molecule has 0 aromatic rings. The van der Waals surface area contributed by atoms with Crippen LogP contribution in [0.25, 0.3) is 0 Å². The quantitative estimate of drug-likeness (QED) is 0.536. The Labute approximate surface area is 63.1 Å². The van der Waals surface area contributed by atoms with E-state index in [0.717, 1.165) is 5.92 Å². The minimum Gasteiger partial charge on any atom is -0.499 e. The molecule has 0 radical (unpaired) electrons. The van der Waals surface area contributed by atoms with E-state index in [4.69, 9.17) is 4.74 Å². The van der Waals surface area contributed by atoms with E-state index < -0.39 is 0 Å². The summed E-state index contributed by atoms with van der Waals surface area (Å²) in [6.07, 6.45) is 7.16. The summed E-state index contributed by atoms with van der Waals surface area (Å²) in [5, 5.41) is 0. The summed E-state index contributed by atoms with van der Waals surface area (Å²) in [4.78, 5) is 0. The lowest BCUT2D eigenvalue weighted by Crippen LogP contribution is -2.19. The van der Waals surface area contributed by atoms with E-state index in [0.29, 0.717) is 6.10 Å². The molecule has 1 rings (SSSR count). The van der Waals surface area contributed by atoms with E-state index >= 15 is 0 Å². The number of ether oxygens (including phenoxy) is 1. The predicted octanol–water partition coefficient (Wildman–Crippen LogP) is 2.73. The highest BCUT2D eigenvalue weighted by Gasteiger charge is 2.18. The average molecular weight is 140 g/mol. The summed E-state index contributed by atoms with van der Waals surface area (Å²) < 4.78 is 5.32. The molecule has 1 fully saturated rings. The van der Waals surface area contributed by atoms with Crippen LogP contribution in [0.2, 0.25) is 0 Å². The Morgan fingerprint density at radius 2 is 2.30 bits per heavy atom. The molecule has 1 saturated carbocycles. The SMILES string of the molecule is C=COC1CCCC(C)C1. The van der Waals surface area contributed by atoms with Crippen LogP contribution in [0, 0.1) is 5.92 Å². The van der Waals surface area contributed by atoms with Gasteiger partial charge in [-0.2, -0.15) is 0 Å². The first kappa shape index (κ1) is 7.64. The molecule has 1 aliphatic rings. The first-order valence-corrected chi connectivity index (χ1v) is 4.09. The maximum absolute atomic E-state index is 5.32. The first-order chi connectivity index (χ1) is 4.83. The third-order valence-corrected chi connectivity index (χ3v) is 2.18. The third-order valence-electron chi connectivity index (χ3n) is 2.18. The predicted molar refractivity (Wildman–Crippen MR) is 42.7 cm³/mol. The van der Waals surface area contributed by atoms with Crippen molar-refractivity contribution in [1.29, 1.82) is 0 Å². The molecule has 0 N–H and O–H groups in total. The molecule has 1 nitrogen and oxygen atoms in total. The molecule has 1 heteroatoms. The van der Waals surface area contributed by atoms with Crippen LogP contribution in [0.15, 0.2) is 12.8 Å². The maximum atomic E-state index is 5.32. The Morgan fingerprint density at radius 3 is 2.90 bits per heavy atom. The van der Waals surface area contributed by atoms with Gasteiger partial charge >= 0.3 is 0 Å². The van der Waals surface area contributed by atoms with Gasteiger partial charge in [0.1, 0.15) is 0 Å². The van der Waals surface area contributed by atoms with Gasteiger partial charge in [0.25, 0.3) is 0 Å². The summed E-state index contributed by atoms with van der Waals surface area (Å²) in [6.45, 7) is 5.85. The van der Waals surface area contributed by atoms with Gasteiger partial charge in [-0.05, 0) is 25.2 Å². The maximum Gasteiger partial charge on any atom is 0.0980 e. The molecule has 0 bridgehead atoms. The van der Waals surface area contributed by atoms with Gasteiger partial charge in [0.2, 0.25) is 0 Å². The van der Waals surface area contributed by atoms with Crippen molar-refractivity contribution in [1.82, 2.24) is 0 Å². The molecule has 0 spiro atoms. The molecule has 0 amide bonds. The van der Waals surface area contributed by atoms with Crippen molar-refractivity contribution in [2.45, 2.75) is 38.7 Å². The van der Waals surface area contributed by atoms with Gasteiger partial charge in [-0.1, -0.05) is 19.9 Å². The molecular formula is C9H16O. The van der Waals surface area contributed by atoms with Crippen molar-refractivity contribution in [3.8, 4) is 0 Å². The Hall–Kier alpha value is -0.460. The Morgan fingerprint density at radius 1 is 1.50 bits per heavy atom. The van der Waals surface area contributed by atoms with Gasteiger partial charge in [0.15, 0.2) is 0 Å². The largest absolute Gasteiger partial charge is 0.499 e. The third kappa shape index (κ3) is 2.05. The molecule has 0 aliphatic heterocycles. The lowest BCUT2D eigenvalue weighted by atomic mass is 9.89. The second-order valence-corrected chi connectivity index (χ2v) is 3.20. The normalized spacial score (nSPS) is 33.3. The van der Waals surface area contributed by atoms with Crippen LogP contribution < -0.4 is 0 Å². The van der Waals surface area contributed by atoms with E-state index in [1.54, 1.807) is 6.26 Å². The Bertz CT molecular complexity index is 109. The van der Waals surface area contributed by atoms with Crippen LogP contribution in [-0.2, 0) is 4.74 Å². The van der Waals surface area contributed by atoms with Crippen molar-refractivity contribution >= 4 is 0 Å². The van der Waals surface area contributed by atoms with Crippen LogP contribution >= 0.6 is 0 Å². The molecule has 0 heterocycles. The summed E-state index contributed by atoms with van der Waals surface area (Å²) in [5.74, 6) is 0.846. The molecular weight excluding hydrogens is 124 g/mol. The fourth-order valence-electron chi connectivity index (χ4n) is 1.64. The monoisotopic (exact) mass is 140 g/mol. The number of rotatable bonds is 2. The van der Waals surface area contributed by atoms with Gasteiger partial charge in [-0.25, -0.2) is 0 Å². The van der Waals surface area contributed by atoms with Crippen LogP contribution in [0.5, 0.6) is 0 Å².